The second-order valence-electron chi connectivity index (χ2n) is 2.65. The van der Waals surface area contributed by atoms with Gasteiger partial charge < -0.3 is 18.0 Å². The molecule has 0 fully saturated rings. The lowest BCUT2D eigenvalue weighted by Crippen LogP contribution is -2.48. The number of carbonyl (C=O) groups is 1. The Labute approximate surface area is 95.7 Å². The molecule has 7 heteroatoms. The number of carbonyl (C=O) groups excluding carboxylic acids is 1. The molecule has 0 bridgehead atoms. The van der Waals surface area contributed by atoms with Crippen molar-refractivity contribution in [2.75, 3.05) is 27.6 Å². The van der Waals surface area contributed by atoms with E-state index >= 15 is 0 Å². The summed E-state index contributed by atoms with van der Waals surface area (Å²) in [5.41, 5.74) is 0.330. The van der Waals surface area contributed by atoms with Crippen LogP contribution in [0, 0.1) is 0 Å². The van der Waals surface area contributed by atoms with Crippen LogP contribution in [0.15, 0.2) is 12.2 Å². The first-order chi connectivity index (χ1) is 6.51. The minimum atomic E-state index is -2.81. The maximum absolute atomic E-state index is 11.1. The summed E-state index contributed by atoms with van der Waals surface area (Å²) in [6, 6.07) is 0. The molecule has 0 saturated carbocycles. The fourth-order valence-corrected chi connectivity index (χ4v) is 1.87. The van der Waals surface area contributed by atoms with Crippen molar-refractivity contribution in [3.8, 4) is 0 Å². The van der Waals surface area contributed by atoms with Gasteiger partial charge in [0.05, 0.1) is 0 Å². The van der Waals surface area contributed by atoms with E-state index < -0.39 is 14.8 Å². The second kappa shape index (κ2) is 7.77. The highest BCUT2D eigenvalue weighted by Crippen LogP contribution is 2.07. The van der Waals surface area contributed by atoms with E-state index in [0.717, 1.165) is 0 Å². The van der Waals surface area contributed by atoms with Crippen LogP contribution < -0.4 is 0 Å². The quantitative estimate of drug-likeness (QED) is 0.347. The van der Waals surface area contributed by atoms with Gasteiger partial charge in [-0.1, -0.05) is 6.58 Å². The molecule has 90 valence electrons. The van der Waals surface area contributed by atoms with E-state index in [4.69, 9.17) is 18.0 Å². The van der Waals surface area contributed by atoms with Crippen LogP contribution in [0.2, 0.25) is 0 Å². The van der Waals surface area contributed by atoms with Gasteiger partial charge in [-0.25, -0.2) is 4.79 Å². The largest absolute Gasteiger partial charge is 0.539 e. The Morgan fingerprint density at radius 1 is 1.20 bits per heavy atom. The maximum atomic E-state index is 11.1. The van der Waals surface area contributed by atoms with Gasteiger partial charge in [0.1, 0.15) is 0 Å². The van der Waals surface area contributed by atoms with Crippen LogP contribution in [0.25, 0.3) is 0 Å². The molecule has 0 N–H and O–H groups in total. The third-order valence-electron chi connectivity index (χ3n) is 1.66. The highest BCUT2D eigenvalue weighted by molar-refractivity contribution is 6.60. The van der Waals surface area contributed by atoms with E-state index in [1.54, 1.807) is 6.92 Å². The number of esters is 1. The molecule has 0 unspecified atom stereocenters. The average Bonchev–Trinajstić information content (AvgIpc) is 2.20. The molecule has 0 aliphatic rings. The monoisotopic (exact) mass is 252 g/mol. The van der Waals surface area contributed by atoms with Crippen LogP contribution in [0.1, 0.15) is 6.92 Å². The minimum absolute atomic E-state index is 0. The van der Waals surface area contributed by atoms with E-state index in [0.29, 0.717) is 5.57 Å². The Morgan fingerprint density at radius 3 is 1.87 bits per heavy atom. The van der Waals surface area contributed by atoms with Crippen LogP contribution in [0.5, 0.6) is 0 Å². The summed E-state index contributed by atoms with van der Waals surface area (Å²) >= 11 is 0. The van der Waals surface area contributed by atoms with Crippen molar-refractivity contribution < 1.29 is 22.8 Å². The average molecular weight is 252 g/mol. The molecule has 0 aliphatic heterocycles. The Balaban J connectivity index is 0. The highest BCUT2D eigenvalue weighted by atomic mass is 28.4. The number of ether oxygens (including phenoxy) is 1. The van der Waals surface area contributed by atoms with Crippen LogP contribution in [0.4, 0.5) is 0 Å². The number of hydrogen-bond donors (Lipinski definition) is 0. The van der Waals surface area contributed by atoms with Crippen molar-refractivity contribution >= 4 is 25.7 Å². The molecule has 0 saturated heterocycles. The first kappa shape index (κ1) is 16.9. The van der Waals surface area contributed by atoms with Gasteiger partial charge in [0.15, 0.2) is 6.23 Å². The summed E-state index contributed by atoms with van der Waals surface area (Å²) in [6.45, 7) is 5.02. The van der Waals surface area contributed by atoms with E-state index in [-0.39, 0.29) is 17.2 Å². The summed E-state index contributed by atoms with van der Waals surface area (Å²) < 4.78 is 20.1. The summed E-state index contributed by atoms with van der Waals surface area (Å²) in [5.74, 6) is -0.479. The van der Waals surface area contributed by atoms with Crippen LogP contribution in [-0.4, -0.2) is 53.3 Å². The molecule has 0 atom stereocenters. The minimum Gasteiger partial charge on any atom is -0.458 e. The predicted molar refractivity (Wildman–Crippen MR) is 63.9 cm³/mol. The van der Waals surface area contributed by atoms with Crippen molar-refractivity contribution in [3.05, 3.63) is 12.2 Å². The number of rotatable bonds is 6. The lowest BCUT2D eigenvalue weighted by atomic mass is 10.4. The number of hydrogen-bond acceptors (Lipinski definition) is 5. The molecule has 0 aromatic rings. The first-order valence-electron chi connectivity index (χ1n) is 3.99. The molecular formula is C8H20O5Si2. The van der Waals surface area contributed by atoms with E-state index in [2.05, 4.69) is 6.58 Å². The van der Waals surface area contributed by atoms with E-state index in [9.17, 15) is 4.79 Å². The van der Waals surface area contributed by atoms with Crippen molar-refractivity contribution in [2.24, 2.45) is 0 Å². The zero-order valence-corrected chi connectivity index (χ0v) is 9.96. The summed E-state index contributed by atoms with van der Waals surface area (Å²) in [5, 5.41) is 0. The molecule has 0 rings (SSSR count). The summed E-state index contributed by atoms with van der Waals surface area (Å²) in [4.78, 5) is 11.1. The fraction of sp³-hybridized carbons (Fsp3) is 0.625. The Morgan fingerprint density at radius 2 is 1.60 bits per heavy atom. The molecule has 0 aromatic heterocycles. The van der Waals surface area contributed by atoms with Crippen molar-refractivity contribution in [1.29, 1.82) is 0 Å². The maximum Gasteiger partial charge on any atom is 0.539 e. The molecule has 0 radical (unpaired) electrons. The van der Waals surface area contributed by atoms with Gasteiger partial charge >= 0.3 is 14.8 Å². The smallest absolute Gasteiger partial charge is 0.458 e. The van der Waals surface area contributed by atoms with Crippen LogP contribution in [0.3, 0.4) is 0 Å². The van der Waals surface area contributed by atoms with Crippen molar-refractivity contribution in [2.45, 2.75) is 6.92 Å². The van der Waals surface area contributed by atoms with E-state index in [1.165, 1.54) is 21.3 Å². The fourth-order valence-electron chi connectivity index (χ4n) is 0.704. The van der Waals surface area contributed by atoms with Gasteiger partial charge in [-0.2, -0.15) is 0 Å². The SMILES string of the molecule is C=C(C)C(=O)OC[Si](OC)(OC)OC.[SiH4]. The Kier molecular flexibility index (Phi) is 8.77. The molecule has 0 amide bonds. The van der Waals surface area contributed by atoms with Gasteiger partial charge in [0, 0.05) is 26.9 Å². The van der Waals surface area contributed by atoms with Gasteiger partial charge in [0.2, 0.25) is 0 Å². The highest BCUT2D eigenvalue weighted by Gasteiger charge is 2.40. The second-order valence-corrected chi connectivity index (χ2v) is 5.53. The van der Waals surface area contributed by atoms with Crippen LogP contribution >= 0.6 is 0 Å². The molecule has 0 aromatic carbocycles. The lowest BCUT2D eigenvalue weighted by Gasteiger charge is -2.23. The molecule has 0 spiro atoms. The molecule has 5 nitrogen and oxygen atoms in total. The summed E-state index contributed by atoms with van der Waals surface area (Å²) in [7, 11) is 1.55. The Bertz CT molecular complexity index is 207. The van der Waals surface area contributed by atoms with Crippen molar-refractivity contribution in [3.63, 3.8) is 0 Å². The van der Waals surface area contributed by atoms with Gasteiger partial charge in [-0.05, 0) is 17.9 Å². The van der Waals surface area contributed by atoms with Gasteiger partial charge in [-0.15, -0.1) is 0 Å². The normalized spacial score (nSPS) is 10.4. The van der Waals surface area contributed by atoms with E-state index in [1.807, 2.05) is 0 Å². The predicted octanol–water partition coefficient (Wildman–Crippen LogP) is -0.929. The lowest BCUT2D eigenvalue weighted by molar-refractivity contribution is -0.138. The zero-order chi connectivity index (χ0) is 11.2. The molecule has 15 heavy (non-hydrogen) atoms. The van der Waals surface area contributed by atoms with Gasteiger partial charge in [0.25, 0.3) is 0 Å². The molecular weight excluding hydrogens is 232 g/mol. The molecule has 0 heterocycles. The van der Waals surface area contributed by atoms with Gasteiger partial charge in [-0.3, -0.25) is 0 Å². The molecule has 0 aliphatic carbocycles. The third-order valence-corrected chi connectivity index (χ3v) is 4.03. The standard InChI is InChI=1S/C8H16O5Si.H4Si/c1-7(2)8(9)13-6-14(10-3,11-4)12-5;/h1,6H2,2-5H3;1H4. The first-order valence-corrected chi connectivity index (χ1v) is 5.92. The van der Waals surface area contributed by atoms with Crippen molar-refractivity contribution in [1.82, 2.24) is 0 Å². The zero-order valence-electron chi connectivity index (χ0n) is 8.96. The topological polar surface area (TPSA) is 54.0 Å². The van der Waals surface area contributed by atoms with Crippen LogP contribution in [-0.2, 0) is 22.8 Å². The summed E-state index contributed by atoms with van der Waals surface area (Å²) in [6.07, 6.45) is -0.0117. The Hall–Kier alpha value is -0.476. The third kappa shape index (κ3) is 5.23.